The summed E-state index contributed by atoms with van der Waals surface area (Å²) in [5.41, 5.74) is 9.51. The first-order valence-corrected chi connectivity index (χ1v) is 6.18. The van der Waals surface area contributed by atoms with Gasteiger partial charge in [0.05, 0.1) is 0 Å². The number of benzene rings is 2. The highest BCUT2D eigenvalue weighted by molar-refractivity contribution is 6.31. The van der Waals surface area contributed by atoms with Crippen molar-refractivity contribution in [3.8, 4) is 5.75 Å². The molecule has 0 unspecified atom stereocenters. The van der Waals surface area contributed by atoms with E-state index in [0.29, 0.717) is 17.3 Å². The fraction of sp³-hybridized carbons (Fsp3) is 0.200. The van der Waals surface area contributed by atoms with E-state index in [9.17, 15) is 0 Å². The molecular formula is C15H16ClNO. The highest BCUT2D eigenvalue weighted by Crippen LogP contribution is 2.25. The average Bonchev–Trinajstić information content (AvgIpc) is 2.31. The predicted octanol–water partition coefficient (Wildman–Crippen LogP) is 4.12. The summed E-state index contributed by atoms with van der Waals surface area (Å²) in [4.78, 5) is 0. The number of ether oxygens (including phenoxy) is 1. The molecule has 0 spiro atoms. The van der Waals surface area contributed by atoms with Crippen molar-refractivity contribution in [1.29, 1.82) is 0 Å². The molecule has 0 amide bonds. The molecular weight excluding hydrogens is 246 g/mol. The van der Waals surface area contributed by atoms with Gasteiger partial charge in [-0.2, -0.15) is 0 Å². The maximum atomic E-state index is 6.12. The minimum Gasteiger partial charge on any atom is -0.488 e. The highest BCUT2D eigenvalue weighted by Gasteiger charge is 2.06. The summed E-state index contributed by atoms with van der Waals surface area (Å²) in [6.45, 7) is 4.52. The minimum absolute atomic E-state index is 0.449. The molecule has 0 saturated heterocycles. The maximum absolute atomic E-state index is 6.12. The first kappa shape index (κ1) is 12.8. The molecule has 0 saturated carbocycles. The lowest BCUT2D eigenvalue weighted by atomic mass is 10.1. The van der Waals surface area contributed by atoms with Crippen molar-refractivity contribution in [2.24, 2.45) is 0 Å². The second-order valence-electron chi connectivity index (χ2n) is 4.36. The SMILES string of the molecule is Cc1cccc(C)c1OCc1ccc(N)cc1Cl. The molecule has 0 heterocycles. The molecule has 0 aromatic heterocycles. The first-order chi connectivity index (χ1) is 8.58. The molecule has 2 aromatic carbocycles. The Morgan fingerprint density at radius 1 is 1.11 bits per heavy atom. The van der Waals surface area contributed by atoms with Gasteiger partial charge in [-0.05, 0) is 37.1 Å². The quantitative estimate of drug-likeness (QED) is 0.844. The van der Waals surface area contributed by atoms with Crippen LogP contribution in [0, 0.1) is 13.8 Å². The number of hydrogen-bond donors (Lipinski definition) is 1. The number of anilines is 1. The van der Waals surface area contributed by atoms with Crippen LogP contribution >= 0.6 is 11.6 Å². The van der Waals surface area contributed by atoms with E-state index >= 15 is 0 Å². The van der Waals surface area contributed by atoms with Crippen molar-refractivity contribution in [2.75, 3.05) is 5.73 Å². The molecule has 0 fully saturated rings. The largest absolute Gasteiger partial charge is 0.488 e. The van der Waals surface area contributed by atoms with Gasteiger partial charge in [0.2, 0.25) is 0 Å². The number of para-hydroxylation sites is 1. The molecule has 2 nitrogen and oxygen atoms in total. The van der Waals surface area contributed by atoms with Crippen LogP contribution in [0.5, 0.6) is 5.75 Å². The maximum Gasteiger partial charge on any atom is 0.125 e. The van der Waals surface area contributed by atoms with Gasteiger partial charge in [-0.15, -0.1) is 0 Å². The Kier molecular flexibility index (Phi) is 3.78. The molecule has 0 atom stereocenters. The standard InChI is InChI=1S/C15H16ClNO/c1-10-4-3-5-11(2)15(10)18-9-12-6-7-13(17)8-14(12)16/h3-8H,9,17H2,1-2H3. The van der Waals surface area contributed by atoms with Crippen LogP contribution in [0.2, 0.25) is 5.02 Å². The number of hydrogen-bond acceptors (Lipinski definition) is 2. The molecule has 2 aromatic rings. The summed E-state index contributed by atoms with van der Waals surface area (Å²) < 4.78 is 5.85. The van der Waals surface area contributed by atoms with Gasteiger partial charge in [0.15, 0.2) is 0 Å². The van der Waals surface area contributed by atoms with Crippen molar-refractivity contribution in [3.05, 3.63) is 58.1 Å². The van der Waals surface area contributed by atoms with Crippen LogP contribution in [-0.2, 0) is 6.61 Å². The van der Waals surface area contributed by atoms with Gasteiger partial charge in [0, 0.05) is 16.3 Å². The third-order valence-corrected chi connectivity index (χ3v) is 3.21. The van der Waals surface area contributed by atoms with E-state index in [1.807, 2.05) is 44.2 Å². The third-order valence-electron chi connectivity index (χ3n) is 2.86. The van der Waals surface area contributed by atoms with E-state index in [-0.39, 0.29) is 0 Å². The molecule has 94 valence electrons. The van der Waals surface area contributed by atoms with Gasteiger partial charge in [-0.3, -0.25) is 0 Å². The van der Waals surface area contributed by atoms with Gasteiger partial charge >= 0.3 is 0 Å². The van der Waals surface area contributed by atoms with E-state index in [2.05, 4.69) is 0 Å². The Balaban J connectivity index is 2.16. The molecule has 0 aliphatic heterocycles. The van der Waals surface area contributed by atoms with Crippen molar-refractivity contribution in [1.82, 2.24) is 0 Å². The summed E-state index contributed by atoms with van der Waals surface area (Å²) in [6.07, 6.45) is 0. The molecule has 0 aliphatic rings. The highest BCUT2D eigenvalue weighted by atomic mass is 35.5. The van der Waals surface area contributed by atoms with Crippen LogP contribution in [0.3, 0.4) is 0 Å². The third kappa shape index (κ3) is 2.77. The van der Waals surface area contributed by atoms with Crippen LogP contribution < -0.4 is 10.5 Å². The number of nitrogens with two attached hydrogens (primary N) is 1. The van der Waals surface area contributed by atoms with Crippen LogP contribution in [0.25, 0.3) is 0 Å². The molecule has 0 radical (unpaired) electrons. The summed E-state index contributed by atoms with van der Waals surface area (Å²) >= 11 is 6.12. The summed E-state index contributed by atoms with van der Waals surface area (Å²) in [5.74, 6) is 0.922. The molecule has 0 aliphatic carbocycles. The monoisotopic (exact) mass is 261 g/mol. The van der Waals surface area contributed by atoms with Crippen molar-refractivity contribution >= 4 is 17.3 Å². The fourth-order valence-electron chi connectivity index (χ4n) is 1.86. The Bertz CT molecular complexity index is 546. The number of rotatable bonds is 3. The molecule has 0 bridgehead atoms. The normalized spacial score (nSPS) is 10.4. The zero-order valence-corrected chi connectivity index (χ0v) is 11.3. The number of nitrogen functional groups attached to an aromatic ring is 1. The van der Waals surface area contributed by atoms with Crippen molar-refractivity contribution in [3.63, 3.8) is 0 Å². The number of halogens is 1. The second kappa shape index (κ2) is 5.32. The van der Waals surface area contributed by atoms with Crippen LogP contribution in [0.15, 0.2) is 36.4 Å². The molecule has 2 N–H and O–H groups in total. The fourth-order valence-corrected chi connectivity index (χ4v) is 2.10. The van der Waals surface area contributed by atoms with Crippen LogP contribution in [0.1, 0.15) is 16.7 Å². The topological polar surface area (TPSA) is 35.2 Å². The van der Waals surface area contributed by atoms with E-state index in [1.54, 1.807) is 6.07 Å². The van der Waals surface area contributed by atoms with Crippen molar-refractivity contribution in [2.45, 2.75) is 20.5 Å². The van der Waals surface area contributed by atoms with Gasteiger partial charge < -0.3 is 10.5 Å². The van der Waals surface area contributed by atoms with E-state index in [4.69, 9.17) is 22.1 Å². The Morgan fingerprint density at radius 2 is 1.78 bits per heavy atom. The van der Waals surface area contributed by atoms with Gasteiger partial charge in [-0.1, -0.05) is 35.9 Å². The van der Waals surface area contributed by atoms with Gasteiger partial charge in [-0.25, -0.2) is 0 Å². The average molecular weight is 262 g/mol. The minimum atomic E-state index is 0.449. The molecule has 18 heavy (non-hydrogen) atoms. The molecule has 3 heteroatoms. The van der Waals surface area contributed by atoms with Crippen molar-refractivity contribution < 1.29 is 4.74 Å². The van der Waals surface area contributed by atoms with E-state index < -0.39 is 0 Å². The first-order valence-electron chi connectivity index (χ1n) is 5.81. The van der Waals surface area contributed by atoms with Gasteiger partial charge in [0.1, 0.15) is 12.4 Å². The van der Waals surface area contributed by atoms with Crippen LogP contribution in [-0.4, -0.2) is 0 Å². The lowest BCUT2D eigenvalue weighted by Crippen LogP contribution is -2.00. The van der Waals surface area contributed by atoms with E-state index in [0.717, 1.165) is 22.4 Å². The van der Waals surface area contributed by atoms with Gasteiger partial charge in [0.25, 0.3) is 0 Å². The van der Waals surface area contributed by atoms with Crippen LogP contribution in [0.4, 0.5) is 5.69 Å². The smallest absolute Gasteiger partial charge is 0.125 e. The Morgan fingerprint density at radius 3 is 2.39 bits per heavy atom. The number of aryl methyl sites for hydroxylation is 2. The lowest BCUT2D eigenvalue weighted by Gasteiger charge is -2.12. The summed E-state index contributed by atoms with van der Waals surface area (Å²) in [6, 6.07) is 11.6. The van der Waals surface area contributed by atoms with E-state index in [1.165, 1.54) is 0 Å². The summed E-state index contributed by atoms with van der Waals surface area (Å²) in [5, 5.41) is 0.640. The predicted molar refractivity (Wildman–Crippen MR) is 76.1 cm³/mol. The Hall–Kier alpha value is -1.67. The zero-order valence-electron chi connectivity index (χ0n) is 10.5. The Labute approximate surface area is 112 Å². The lowest BCUT2D eigenvalue weighted by molar-refractivity contribution is 0.302. The second-order valence-corrected chi connectivity index (χ2v) is 4.77. The molecule has 2 rings (SSSR count). The summed E-state index contributed by atoms with van der Waals surface area (Å²) in [7, 11) is 0. The zero-order chi connectivity index (χ0) is 13.1.